The lowest BCUT2D eigenvalue weighted by Crippen LogP contribution is -2.11. The summed E-state index contributed by atoms with van der Waals surface area (Å²) in [5, 5.41) is 0. The van der Waals surface area contributed by atoms with E-state index in [0.717, 1.165) is 0 Å². The summed E-state index contributed by atoms with van der Waals surface area (Å²) in [5.41, 5.74) is 7.37. The number of alkyl halides is 3. The Morgan fingerprint density at radius 2 is 1.03 bits per heavy atom. The van der Waals surface area contributed by atoms with Crippen molar-refractivity contribution in [2.24, 2.45) is 0 Å². The average Bonchev–Trinajstić information content (AvgIpc) is 2.62. The molecule has 0 fully saturated rings. The molecule has 3 rings (SSSR count). The first-order chi connectivity index (χ1) is 14.4. The van der Waals surface area contributed by atoms with Crippen LogP contribution in [-0.2, 0) is 6.18 Å². The highest BCUT2D eigenvalue weighted by molar-refractivity contribution is 5.52. The Hall–Kier alpha value is -3.70. The van der Waals surface area contributed by atoms with E-state index in [0.29, 0.717) is 24.3 Å². The number of halogens is 8. The SMILES string of the molecule is Nc1cc(Oc2cc(F)c(C(F)(F)F)c(Oc3cc(N)c(F)cc3F)c2)c(F)cc1F. The fraction of sp³-hybridized carbons (Fsp3) is 0.0526. The summed E-state index contributed by atoms with van der Waals surface area (Å²) >= 11 is 0. The number of benzene rings is 3. The molecule has 0 aliphatic rings. The molecule has 0 heterocycles. The summed E-state index contributed by atoms with van der Waals surface area (Å²) in [4.78, 5) is 0. The third kappa shape index (κ3) is 4.57. The highest BCUT2D eigenvalue weighted by atomic mass is 19.4. The van der Waals surface area contributed by atoms with Gasteiger partial charge in [0.05, 0.1) is 11.4 Å². The largest absolute Gasteiger partial charge is 0.454 e. The second-order valence-electron chi connectivity index (χ2n) is 6.09. The maximum Gasteiger partial charge on any atom is 0.422 e. The highest BCUT2D eigenvalue weighted by Crippen LogP contribution is 2.43. The molecule has 0 aliphatic heterocycles. The van der Waals surface area contributed by atoms with E-state index < -0.39 is 75.2 Å². The second-order valence-corrected chi connectivity index (χ2v) is 6.09. The Morgan fingerprint density at radius 1 is 0.548 bits per heavy atom. The van der Waals surface area contributed by atoms with Crippen molar-refractivity contribution in [2.75, 3.05) is 11.5 Å². The fourth-order valence-electron chi connectivity index (χ4n) is 2.46. The van der Waals surface area contributed by atoms with Gasteiger partial charge in [0.1, 0.15) is 34.5 Å². The molecule has 0 unspecified atom stereocenters. The Morgan fingerprint density at radius 3 is 1.52 bits per heavy atom. The summed E-state index contributed by atoms with van der Waals surface area (Å²) in [6.07, 6.45) is -5.30. The summed E-state index contributed by atoms with van der Waals surface area (Å²) in [6, 6.07) is 2.57. The Kier molecular flexibility index (Phi) is 5.57. The van der Waals surface area contributed by atoms with E-state index in [1.54, 1.807) is 0 Å². The molecule has 12 heteroatoms. The van der Waals surface area contributed by atoms with Crippen molar-refractivity contribution in [2.45, 2.75) is 6.18 Å². The van der Waals surface area contributed by atoms with Crippen LogP contribution in [0.4, 0.5) is 46.5 Å². The number of ether oxygens (including phenoxy) is 2. The van der Waals surface area contributed by atoms with Crippen LogP contribution in [0.2, 0.25) is 0 Å². The summed E-state index contributed by atoms with van der Waals surface area (Å²) in [6.45, 7) is 0. The van der Waals surface area contributed by atoms with Crippen molar-refractivity contribution < 1.29 is 44.6 Å². The summed E-state index contributed by atoms with van der Waals surface area (Å²) in [7, 11) is 0. The van der Waals surface area contributed by atoms with E-state index in [1.165, 1.54) is 0 Å². The first-order valence-corrected chi connectivity index (χ1v) is 8.12. The maximum absolute atomic E-state index is 14.3. The number of nitrogens with two attached hydrogens (primary N) is 2. The number of anilines is 2. The molecule has 0 aromatic heterocycles. The monoisotopic (exact) mass is 450 g/mol. The third-order valence-electron chi connectivity index (χ3n) is 3.86. The average molecular weight is 450 g/mol. The van der Waals surface area contributed by atoms with Gasteiger partial charge in [0.2, 0.25) is 0 Å². The fourth-order valence-corrected chi connectivity index (χ4v) is 2.46. The van der Waals surface area contributed by atoms with Crippen molar-refractivity contribution in [1.82, 2.24) is 0 Å². The molecule has 4 nitrogen and oxygen atoms in total. The molecule has 0 atom stereocenters. The van der Waals surface area contributed by atoms with E-state index in [9.17, 15) is 35.1 Å². The second kappa shape index (κ2) is 7.85. The van der Waals surface area contributed by atoms with Gasteiger partial charge in [-0.3, -0.25) is 0 Å². The molecule has 31 heavy (non-hydrogen) atoms. The molecule has 0 radical (unpaired) electrons. The van der Waals surface area contributed by atoms with Crippen LogP contribution in [0.25, 0.3) is 0 Å². The van der Waals surface area contributed by atoms with Gasteiger partial charge in [-0.2, -0.15) is 13.2 Å². The topological polar surface area (TPSA) is 70.5 Å². The molecule has 4 N–H and O–H groups in total. The standard InChI is InChI=1S/C19H10F8N2O2/c20-8-3-10(22)15(5-13(8)28)30-7-1-12(24)18(19(25,26)27)17(2-7)31-16-6-14(29)9(21)4-11(16)23/h1-6H,28-29H2. The maximum atomic E-state index is 14.3. The lowest BCUT2D eigenvalue weighted by atomic mass is 10.1. The summed E-state index contributed by atoms with van der Waals surface area (Å²) in [5.74, 6) is -10.6. The normalized spacial score (nSPS) is 11.5. The van der Waals surface area contributed by atoms with Crippen LogP contribution in [0.3, 0.4) is 0 Å². The van der Waals surface area contributed by atoms with Gasteiger partial charge in [0, 0.05) is 36.4 Å². The van der Waals surface area contributed by atoms with Crippen molar-refractivity contribution in [1.29, 1.82) is 0 Å². The first kappa shape index (κ1) is 22.0. The van der Waals surface area contributed by atoms with Gasteiger partial charge in [-0.05, 0) is 0 Å². The van der Waals surface area contributed by atoms with Crippen LogP contribution in [0.5, 0.6) is 23.0 Å². The predicted octanol–water partition coefficient (Wildman–Crippen LogP) is 6.15. The highest BCUT2D eigenvalue weighted by Gasteiger charge is 2.39. The minimum absolute atomic E-state index is 0.254. The van der Waals surface area contributed by atoms with Crippen LogP contribution in [0, 0.1) is 29.1 Å². The van der Waals surface area contributed by atoms with Gasteiger partial charge < -0.3 is 20.9 Å². The molecule has 0 amide bonds. The van der Waals surface area contributed by atoms with E-state index in [4.69, 9.17) is 20.9 Å². The minimum Gasteiger partial charge on any atom is -0.454 e. The lowest BCUT2D eigenvalue weighted by molar-refractivity contribution is -0.141. The molecule has 3 aromatic rings. The van der Waals surface area contributed by atoms with Gasteiger partial charge in [0.15, 0.2) is 23.1 Å². The molecule has 0 saturated heterocycles. The van der Waals surface area contributed by atoms with Crippen LogP contribution >= 0.6 is 0 Å². The van der Waals surface area contributed by atoms with Crippen LogP contribution in [0.1, 0.15) is 5.56 Å². The number of hydrogen-bond donors (Lipinski definition) is 2. The zero-order valence-corrected chi connectivity index (χ0v) is 15.0. The quantitative estimate of drug-likeness (QED) is 0.370. The minimum atomic E-state index is -5.30. The van der Waals surface area contributed by atoms with Crippen molar-refractivity contribution in [3.05, 3.63) is 71.0 Å². The summed E-state index contributed by atoms with van der Waals surface area (Å²) < 4.78 is 118. The lowest BCUT2D eigenvalue weighted by Gasteiger charge is -2.17. The third-order valence-corrected chi connectivity index (χ3v) is 3.86. The van der Waals surface area contributed by atoms with Crippen molar-refractivity contribution in [3.63, 3.8) is 0 Å². The molecule has 3 aromatic carbocycles. The molecule has 0 saturated carbocycles. The predicted molar refractivity (Wildman–Crippen MR) is 93.1 cm³/mol. The molecular weight excluding hydrogens is 440 g/mol. The molecule has 164 valence electrons. The molecular formula is C19H10F8N2O2. The van der Waals surface area contributed by atoms with E-state index in [-0.39, 0.29) is 12.1 Å². The van der Waals surface area contributed by atoms with Crippen LogP contribution in [-0.4, -0.2) is 0 Å². The van der Waals surface area contributed by atoms with Crippen LogP contribution in [0.15, 0.2) is 36.4 Å². The van der Waals surface area contributed by atoms with Crippen molar-refractivity contribution in [3.8, 4) is 23.0 Å². The number of nitrogen functional groups attached to an aromatic ring is 2. The Balaban J connectivity index is 2.10. The van der Waals surface area contributed by atoms with Crippen LogP contribution < -0.4 is 20.9 Å². The number of hydrogen-bond acceptors (Lipinski definition) is 4. The van der Waals surface area contributed by atoms with Gasteiger partial charge in [-0.15, -0.1) is 0 Å². The van der Waals surface area contributed by atoms with E-state index in [1.807, 2.05) is 0 Å². The molecule has 0 spiro atoms. The molecule has 0 bridgehead atoms. The first-order valence-electron chi connectivity index (χ1n) is 8.12. The van der Waals surface area contributed by atoms with Crippen molar-refractivity contribution >= 4 is 11.4 Å². The Bertz CT molecular complexity index is 1160. The van der Waals surface area contributed by atoms with Gasteiger partial charge >= 0.3 is 6.18 Å². The zero-order chi connectivity index (χ0) is 23.1. The zero-order valence-electron chi connectivity index (χ0n) is 15.0. The van der Waals surface area contributed by atoms with Gasteiger partial charge in [-0.25, -0.2) is 22.0 Å². The van der Waals surface area contributed by atoms with Gasteiger partial charge in [0.25, 0.3) is 0 Å². The Labute approximate surface area is 168 Å². The van der Waals surface area contributed by atoms with Gasteiger partial charge in [-0.1, -0.05) is 0 Å². The smallest absolute Gasteiger partial charge is 0.422 e. The number of rotatable bonds is 4. The molecule has 0 aliphatic carbocycles. The van der Waals surface area contributed by atoms with E-state index in [2.05, 4.69) is 0 Å². The van der Waals surface area contributed by atoms with E-state index >= 15 is 0 Å².